The van der Waals surface area contributed by atoms with Crippen LogP contribution in [0.15, 0.2) is 11.4 Å². The molecule has 20 heavy (non-hydrogen) atoms. The van der Waals surface area contributed by atoms with Gasteiger partial charge in [0, 0.05) is 10.9 Å². The third-order valence-corrected chi connectivity index (χ3v) is 4.68. The molecule has 6 heteroatoms. The fourth-order valence-electron chi connectivity index (χ4n) is 1.41. The summed E-state index contributed by atoms with van der Waals surface area (Å²) in [6.45, 7) is 7.88. The monoisotopic (exact) mass is 297 g/mol. The molecule has 0 radical (unpaired) electrons. The van der Waals surface area contributed by atoms with Crippen molar-refractivity contribution in [3.63, 3.8) is 0 Å². The number of ketones is 1. The van der Waals surface area contributed by atoms with E-state index in [0.717, 1.165) is 0 Å². The first-order chi connectivity index (χ1) is 8.99. The molecule has 5 nitrogen and oxygen atoms in total. The minimum Gasteiger partial charge on any atom is -0.481 e. The van der Waals surface area contributed by atoms with E-state index in [-0.39, 0.29) is 11.7 Å². The number of thiophene rings is 1. The first kappa shape index (κ1) is 16.4. The lowest BCUT2D eigenvalue weighted by molar-refractivity contribution is -0.150. The standard InChI is InChI=1S/C14H19NO4S/c1-8(16)9-6-10(20-7-9)11(17)15-14(4,5)13(2,3)12(18)19/h6-7H,1-5H3,(H,15,17)(H,18,19). The van der Waals surface area contributed by atoms with E-state index in [9.17, 15) is 19.5 Å². The number of carbonyl (C=O) groups is 3. The number of aliphatic carboxylic acids is 1. The van der Waals surface area contributed by atoms with Crippen LogP contribution in [0, 0.1) is 5.41 Å². The molecule has 1 amide bonds. The molecule has 0 fully saturated rings. The van der Waals surface area contributed by atoms with Crippen LogP contribution in [-0.2, 0) is 4.79 Å². The molecule has 0 aliphatic rings. The molecule has 1 aromatic rings. The van der Waals surface area contributed by atoms with E-state index >= 15 is 0 Å². The highest BCUT2D eigenvalue weighted by Crippen LogP contribution is 2.31. The Morgan fingerprint density at radius 3 is 2.15 bits per heavy atom. The Balaban J connectivity index is 2.94. The molecule has 0 spiro atoms. The van der Waals surface area contributed by atoms with Gasteiger partial charge in [-0.2, -0.15) is 0 Å². The van der Waals surface area contributed by atoms with Crippen LogP contribution in [0.5, 0.6) is 0 Å². The summed E-state index contributed by atoms with van der Waals surface area (Å²) in [5.41, 5.74) is -1.57. The van der Waals surface area contributed by atoms with Crippen molar-refractivity contribution in [2.45, 2.75) is 40.2 Å². The van der Waals surface area contributed by atoms with Gasteiger partial charge < -0.3 is 10.4 Å². The van der Waals surface area contributed by atoms with Crippen molar-refractivity contribution in [3.05, 3.63) is 21.9 Å². The molecule has 0 aliphatic carbocycles. The number of hydrogen-bond donors (Lipinski definition) is 2. The Kier molecular flexibility index (Phi) is 4.39. The molecule has 1 aromatic heterocycles. The lowest BCUT2D eigenvalue weighted by Crippen LogP contribution is -2.56. The van der Waals surface area contributed by atoms with E-state index in [0.29, 0.717) is 10.4 Å². The summed E-state index contributed by atoms with van der Waals surface area (Å²) in [4.78, 5) is 35.1. The predicted molar refractivity (Wildman–Crippen MR) is 77.3 cm³/mol. The van der Waals surface area contributed by atoms with E-state index in [2.05, 4.69) is 5.32 Å². The van der Waals surface area contributed by atoms with Crippen LogP contribution in [0.2, 0.25) is 0 Å². The molecule has 0 unspecified atom stereocenters. The van der Waals surface area contributed by atoms with Crippen molar-refractivity contribution in [2.24, 2.45) is 5.41 Å². The van der Waals surface area contributed by atoms with Crippen LogP contribution in [0.1, 0.15) is 54.6 Å². The van der Waals surface area contributed by atoms with Crippen LogP contribution in [0.4, 0.5) is 0 Å². The summed E-state index contributed by atoms with van der Waals surface area (Å²) in [5.74, 6) is -1.47. The topological polar surface area (TPSA) is 83.5 Å². The van der Waals surface area contributed by atoms with Gasteiger partial charge in [0.15, 0.2) is 5.78 Å². The number of carbonyl (C=O) groups excluding carboxylic acids is 2. The molecular formula is C14H19NO4S. The van der Waals surface area contributed by atoms with E-state index in [1.807, 2.05) is 0 Å². The van der Waals surface area contributed by atoms with Gasteiger partial charge in [0.1, 0.15) is 0 Å². The van der Waals surface area contributed by atoms with Gasteiger partial charge in [-0.3, -0.25) is 14.4 Å². The lowest BCUT2D eigenvalue weighted by atomic mass is 9.74. The quantitative estimate of drug-likeness (QED) is 0.818. The smallest absolute Gasteiger partial charge is 0.311 e. The maximum Gasteiger partial charge on any atom is 0.311 e. The number of Topliss-reactive ketones (excluding diaryl/α,β-unsaturated/α-hetero) is 1. The summed E-state index contributed by atoms with van der Waals surface area (Å²) in [6, 6.07) is 1.52. The maximum atomic E-state index is 12.2. The number of carboxylic acids is 1. The van der Waals surface area contributed by atoms with Gasteiger partial charge >= 0.3 is 5.97 Å². The van der Waals surface area contributed by atoms with Crippen LogP contribution < -0.4 is 5.32 Å². The normalized spacial score (nSPS) is 12.1. The lowest BCUT2D eigenvalue weighted by Gasteiger charge is -2.38. The van der Waals surface area contributed by atoms with Crippen molar-refractivity contribution < 1.29 is 19.5 Å². The third kappa shape index (κ3) is 3.07. The van der Waals surface area contributed by atoms with Gasteiger partial charge in [-0.25, -0.2) is 0 Å². The van der Waals surface area contributed by atoms with Crippen molar-refractivity contribution in [3.8, 4) is 0 Å². The zero-order valence-electron chi connectivity index (χ0n) is 12.2. The summed E-state index contributed by atoms with van der Waals surface area (Å²) in [7, 11) is 0. The molecule has 0 bridgehead atoms. The average molecular weight is 297 g/mol. The summed E-state index contributed by atoms with van der Waals surface area (Å²) < 4.78 is 0. The van der Waals surface area contributed by atoms with Crippen LogP contribution in [-0.4, -0.2) is 28.3 Å². The largest absolute Gasteiger partial charge is 0.481 e. The van der Waals surface area contributed by atoms with Crippen LogP contribution >= 0.6 is 11.3 Å². The van der Waals surface area contributed by atoms with E-state index < -0.39 is 16.9 Å². The molecule has 1 heterocycles. The van der Waals surface area contributed by atoms with Crippen molar-refractivity contribution in [1.82, 2.24) is 5.32 Å². The van der Waals surface area contributed by atoms with Crippen LogP contribution in [0.25, 0.3) is 0 Å². The fourth-order valence-corrected chi connectivity index (χ4v) is 2.25. The number of nitrogens with one attached hydrogen (secondary N) is 1. The Bertz CT molecular complexity index is 557. The third-order valence-electron chi connectivity index (χ3n) is 3.75. The second-order valence-electron chi connectivity index (χ2n) is 5.77. The maximum absolute atomic E-state index is 12.2. The molecule has 0 saturated heterocycles. The first-order valence-corrected chi connectivity index (χ1v) is 7.02. The number of amides is 1. The van der Waals surface area contributed by atoms with Crippen molar-refractivity contribution in [1.29, 1.82) is 0 Å². The van der Waals surface area contributed by atoms with Gasteiger partial charge in [0.2, 0.25) is 0 Å². The van der Waals surface area contributed by atoms with E-state index in [1.54, 1.807) is 33.1 Å². The Morgan fingerprint density at radius 1 is 1.20 bits per heavy atom. The summed E-state index contributed by atoms with van der Waals surface area (Å²) in [6.07, 6.45) is 0. The second-order valence-corrected chi connectivity index (χ2v) is 6.68. The van der Waals surface area contributed by atoms with Crippen LogP contribution in [0.3, 0.4) is 0 Å². The van der Waals surface area contributed by atoms with Gasteiger partial charge in [-0.05, 0) is 40.7 Å². The van der Waals surface area contributed by atoms with Crippen molar-refractivity contribution in [2.75, 3.05) is 0 Å². The molecule has 2 N–H and O–H groups in total. The molecule has 0 aromatic carbocycles. The zero-order chi connectivity index (χ0) is 15.7. The minimum absolute atomic E-state index is 0.106. The van der Waals surface area contributed by atoms with Gasteiger partial charge in [0.05, 0.1) is 15.8 Å². The highest BCUT2D eigenvalue weighted by molar-refractivity contribution is 7.12. The number of hydrogen-bond acceptors (Lipinski definition) is 4. The highest BCUT2D eigenvalue weighted by Gasteiger charge is 2.44. The average Bonchev–Trinajstić information content (AvgIpc) is 2.77. The van der Waals surface area contributed by atoms with Gasteiger partial charge in [-0.15, -0.1) is 11.3 Å². The molecule has 110 valence electrons. The minimum atomic E-state index is -1.12. The molecule has 1 rings (SSSR count). The van der Waals surface area contributed by atoms with E-state index in [1.165, 1.54) is 24.3 Å². The molecule has 0 atom stereocenters. The molecule has 0 saturated carbocycles. The predicted octanol–water partition coefficient (Wildman–Crippen LogP) is 2.57. The fraction of sp³-hybridized carbons (Fsp3) is 0.500. The Hall–Kier alpha value is -1.69. The zero-order valence-corrected chi connectivity index (χ0v) is 13.1. The second kappa shape index (κ2) is 5.36. The first-order valence-electron chi connectivity index (χ1n) is 6.14. The highest BCUT2D eigenvalue weighted by atomic mass is 32.1. The molecule has 0 aliphatic heterocycles. The Labute approximate surface area is 122 Å². The van der Waals surface area contributed by atoms with E-state index in [4.69, 9.17) is 0 Å². The van der Waals surface area contributed by atoms with Crippen molar-refractivity contribution >= 4 is 29.0 Å². The van der Waals surface area contributed by atoms with Gasteiger partial charge in [-0.1, -0.05) is 0 Å². The molecular weight excluding hydrogens is 278 g/mol. The summed E-state index contributed by atoms with van der Waals surface area (Å²) in [5, 5.41) is 13.6. The Morgan fingerprint density at radius 2 is 1.75 bits per heavy atom. The number of carboxylic acid groups (broad SMARTS) is 1. The number of rotatable bonds is 5. The van der Waals surface area contributed by atoms with Gasteiger partial charge in [0.25, 0.3) is 5.91 Å². The summed E-state index contributed by atoms with van der Waals surface area (Å²) >= 11 is 1.17. The SMILES string of the molecule is CC(=O)c1csc(C(=O)NC(C)(C)C(C)(C)C(=O)O)c1.